The molecule has 2 aliphatic rings. The van der Waals surface area contributed by atoms with Crippen molar-refractivity contribution in [2.45, 2.75) is 44.6 Å². The van der Waals surface area contributed by atoms with Crippen molar-refractivity contribution in [3.05, 3.63) is 18.0 Å². The number of hydrogen-bond donors (Lipinski definition) is 2. The summed E-state index contributed by atoms with van der Waals surface area (Å²) in [6, 6.07) is 2.03. The molecule has 3 rings (SSSR count). The fraction of sp³-hybridized carbons (Fsp3) is 0.765. The highest BCUT2D eigenvalue weighted by Gasteiger charge is 2.39. The molecule has 1 saturated heterocycles. The van der Waals surface area contributed by atoms with Gasteiger partial charge < -0.3 is 15.8 Å². The van der Waals surface area contributed by atoms with Crippen LogP contribution in [0.1, 0.15) is 50.3 Å². The summed E-state index contributed by atoms with van der Waals surface area (Å²) >= 11 is 0. The number of ether oxygens (including phenoxy) is 1. The quantitative estimate of drug-likeness (QED) is 0.832. The van der Waals surface area contributed by atoms with Gasteiger partial charge in [0.25, 0.3) is 0 Å². The molecule has 1 saturated carbocycles. The molecule has 2 atom stereocenters. The Morgan fingerprint density at radius 3 is 2.91 bits per heavy atom. The molecule has 2 fully saturated rings. The molecule has 0 spiro atoms. The third-order valence-electron chi connectivity index (χ3n) is 5.55. The zero-order valence-corrected chi connectivity index (χ0v) is 14.0. The number of amides is 1. The number of carbonyl (C=O) groups is 1. The molecule has 3 N–H and O–H groups in total. The van der Waals surface area contributed by atoms with E-state index >= 15 is 0 Å². The summed E-state index contributed by atoms with van der Waals surface area (Å²) in [5.74, 6) is 0.260. The molecule has 0 bridgehead atoms. The van der Waals surface area contributed by atoms with Crippen molar-refractivity contribution in [1.82, 2.24) is 15.1 Å². The molecule has 1 aliphatic heterocycles. The normalized spacial score (nSPS) is 27.2. The van der Waals surface area contributed by atoms with Gasteiger partial charge in [-0.2, -0.15) is 5.10 Å². The number of nitrogens with one attached hydrogen (secondary N) is 1. The summed E-state index contributed by atoms with van der Waals surface area (Å²) < 4.78 is 7.91. The summed E-state index contributed by atoms with van der Waals surface area (Å²) in [7, 11) is 1.96. The minimum Gasteiger partial charge on any atom is -0.372 e. The summed E-state index contributed by atoms with van der Waals surface area (Å²) in [5.41, 5.74) is 6.45. The molecule has 0 radical (unpaired) electrons. The van der Waals surface area contributed by atoms with Crippen LogP contribution in [0.15, 0.2) is 12.3 Å². The largest absolute Gasteiger partial charge is 0.372 e. The SMILES string of the molecule is Cn1nccc1[C@@H]1OCCC[C@H]1CNCC1(C(N)=O)CCCC1. The van der Waals surface area contributed by atoms with Gasteiger partial charge in [-0.15, -0.1) is 0 Å². The maximum absolute atomic E-state index is 11.8. The van der Waals surface area contributed by atoms with Crippen LogP contribution in [-0.4, -0.2) is 35.4 Å². The van der Waals surface area contributed by atoms with Gasteiger partial charge in [0.05, 0.1) is 11.1 Å². The van der Waals surface area contributed by atoms with Crippen LogP contribution in [-0.2, 0) is 16.6 Å². The van der Waals surface area contributed by atoms with Crippen LogP contribution >= 0.6 is 0 Å². The van der Waals surface area contributed by atoms with Gasteiger partial charge in [0.1, 0.15) is 6.10 Å². The molecule has 1 aromatic rings. The monoisotopic (exact) mass is 320 g/mol. The predicted molar refractivity (Wildman–Crippen MR) is 87.6 cm³/mol. The van der Waals surface area contributed by atoms with E-state index in [-0.39, 0.29) is 17.4 Å². The lowest BCUT2D eigenvalue weighted by Crippen LogP contribution is -2.45. The Morgan fingerprint density at radius 2 is 2.26 bits per heavy atom. The Labute approximate surface area is 137 Å². The van der Waals surface area contributed by atoms with Crippen LogP contribution in [0.25, 0.3) is 0 Å². The van der Waals surface area contributed by atoms with Crippen molar-refractivity contribution in [2.75, 3.05) is 19.7 Å². The van der Waals surface area contributed by atoms with E-state index in [0.717, 1.165) is 57.4 Å². The van der Waals surface area contributed by atoms with E-state index in [1.54, 1.807) is 0 Å². The molecule has 1 amide bonds. The van der Waals surface area contributed by atoms with Gasteiger partial charge in [0, 0.05) is 38.9 Å². The molecule has 128 valence electrons. The predicted octanol–water partition coefficient (Wildman–Crippen LogP) is 1.52. The smallest absolute Gasteiger partial charge is 0.224 e. The van der Waals surface area contributed by atoms with Crippen LogP contribution < -0.4 is 11.1 Å². The Kier molecular flexibility index (Phi) is 5.02. The Morgan fingerprint density at radius 1 is 1.48 bits per heavy atom. The fourth-order valence-electron chi connectivity index (χ4n) is 4.10. The minimum atomic E-state index is -0.336. The van der Waals surface area contributed by atoms with E-state index in [4.69, 9.17) is 10.5 Å². The average Bonchev–Trinajstić information content (AvgIpc) is 3.18. The zero-order valence-electron chi connectivity index (χ0n) is 14.0. The standard InChI is InChI=1S/C17H28N4O2/c1-21-14(6-9-20-21)15-13(5-4-10-23-15)11-19-12-17(16(18)22)7-2-3-8-17/h6,9,13,15,19H,2-5,7-8,10-12H2,1H3,(H2,18,22)/t13-,15+/m0/s1. The van der Waals surface area contributed by atoms with Crippen molar-refractivity contribution in [3.8, 4) is 0 Å². The van der Waals surface area contributed by atoms with Crippen LogP contribution in [0, 0.1) is 11.3 Å². The van der Waals surface area contributed by atoms with Gasteiger partial charge in [-0.05, 0) is 31.7 Å². The third-order valence-corrected chi connectivity index (χ3v) is 5.55. The van der Waals surface area contributed by atoms with Crippen molar-refractivity contribution < 1.29 is 9.53 Å². The maximum atomic E-state index is 11.8. The molecule has 6 heteroatoms. The first-order valence-corrected chi connectivity index (χ1v) is 8.72. The molecule has 1 aliphatic carbocycles. The van der Waals surface area contributed by atoms with Gasteiger partial charge >= 0.3 is 0 Å². The average molecular weight is 320 g/mol. The number of nitrogens with two attached hydrogens (primary N) is 1. The van der Waals surface area contributed by atoms with E-state index in [0.29, 0.717) is 12.5 Å². The van der Waals surface area contributed by atoms with Gasteiger partial charge in [0.2, 0.25) is 5.91 Å². The lowest BCUT2D eigenvalue weighted by atomic mass is 9.84. The van der Waals surface area contributed by atoms with Crippen LogP contribution in [0.2, 0.25) is 0 Å². The van der Waals surface area contributed by atoms with Crippen molar-refractivity contribution in [1.29, 1.82) is 0 Å². The topological polar surface area (TPSA) is 82.2 Å². The summed E-state index contributed by atoms with van der Waals surface area (Å²) in [5, 5.41) is 7.78. The third kappa shape index (κ3) is 3.43. The maximum Gasteiger partial charge on any atom is 0.224 e. The number of aryl methyl sites for hydroxylation is 1. The van der Waals surface area contributed by atoms with Gasteiger partial charge in [-0.3, -0.25) is 9.48 Å². The van der Waals surface area contributed by atoms with E-state index in [1.807, 2.05) is 24.0 Å². The molecule has 1 aromatic heterocycles. The molecule has 23 heavy (non-hydrogen) atoms. The second-order valence-electron chi connectivity index (χ2n) is 7.06. The van der Waals surface area contributed by atoms with Crippen LogP contribution in [0.3, 0.4) is 0 Å². The van der Waals surface area contributed by atoms with Gasteiger partial charge in [-0.1, -0.05) is 12.8 Å². The number of rotatable bonds is 6. The van der Waals surface area contributed by atoms with Crippen LogP contribution in [0.4, 0.5) is 0 Å². The number of carbonyl (C=O) groups excluding carboxylic acids is 1. The second-order valence-corrected chi connectivity index (χ2v) is 7.06. The van der Waals surface area contributed by atoms with E-state index in [2.05, 4.69) is 10.4 Å². The summed E-state index contributed by atoms with van der Waals surface area (Å²) in [4.78, 5) is 11.8. The zero-order chi connectivity index (χ0) is 16.3. The highest BCUT2D eigenvalue weighted by atomic mass is 16.5. The van der Waals surface area contributed by atoms with Crippen LogP contribution in [0.5, 0.6) is 0 Å². The number of hydrogen-bond acceptors (Lipinski definition) is 4. The van der Waals surface area contributed by atoms with Gasteiger partial charge in [-0.25, -0.2) is 0 Å². The van der Waals surface area contributed by atoms with E-state index < -0.39 is 0 Å². The first-order chi connectivity index (χ1) is 11.1. The minimum absolute atomic E-state index is 0.0804. The first-order valence-electron chi connectivity index (χ1n) is 8.72. The van der Waals surface area contributed by atoms with E-state index in [1.165, 1.54) is 0 Å². The Hall–Kier alpha value is -1.40. The highest BCUT2D eigenvalue weighted by Crippen LogP contribution is 2.38. The van der Waals surface area contributed by atoms with Crippen molar-refractivity contribution in [3.63, 3.8) is 0 Å². The molecule has 0 aromatic carbocycles. The lowest BCUT2D eigenvalue weighted by Gasteiger charge is -2.33. The number of aromatic nitrogens is 2. The lowest BCUT2D eigenvalue weighted by molar-refractivity contribution is -0.127. The second kappa shape index (κ2) is 7.01. The summed E-state index contributed by atoms with van der Waals surface area (Å²) in [6.07, 6.45) is 8.16. The molecule has 2 heterocycles. The van der Waals surface area contributed by atoms with E-state index in [9.17, 15) is 4.79 Å². The van der Waals surface area contributed by atoms with Crippen molar-refractivity contribution in [2.24, 2.45) is 24.1 Å². The summed E-state index contributed by atoms with van der Waals surface area (Å²) in [6.45, 7) is 2.35. The fourth-order valence-corrected chi connectivity index (χ4v) is 4.10. The Balaban J connectivity index is 1.60. The number of nitrogens with zero attached hydrogens (tertiary/aromatic N) is 2. The highest BCUT2D eigenvalue weighted by molar-refractivity contribution is 5.81. The molecule has 6 nitrogen and oxygen atoms in total. The van der Waals surface area contributed by atoms with Gasteiger partial charge in [0.15, 0.2) is 0 Å². The first kappa shape index (κ1) is 16.5. The van der Waals surface area contributed by atoms with Crippen molar-refractivity contribution >= 4 is 5.91 Å². The number of primary amides is 1. The molecular formula is C17H28N4O2. The molecular weight excluding hydrogens is 292 g/mol. The molecule has 0 unspecified atom stereocenters. The Bertz CT molecular complexity index is 536.